The van der Waals surface area contributed by atoms with Crippen LogP contribution in [-0.4, -0.2) is 18.2 Å². The molecule has 0 aromatic rings. The number of rotatable bonds is 3. The normalized spacial score (nSPS) is 28.8. The summed E-state index contributed by atoms with van der Waals surface area (Å²) in [4.78, 5) is 5.76. The molecule has 2 unspecified atom stereocenters. The van der Waals surface area contributed by atoms with E-state index in [1.54, 1.807) is 0 Å². The van der Waals surface area contributed by atoms with Crippen molar-refractivity contribution >= 4 is 0 Å². The van der Waals surface area contributed by atoms with E-state index in [1.807, 2.05) is 6.92 Å². The Morgan fingerprint density at radius 3 is 2.94 bits per heavy atom. The average Bonchev–Trinajstić information content (AvgIpc) is 2.29. The lowest BCUT2D eigenvalue weighted by atomic mass is 9.78. The van der Waals surface area contributed by atoms with Gasteiger partial charge in [0.2, 0.25) is 0 Å². The molecule has 2 rings (SSSR count). The fourth-order valence-corrected chi connectivity index (χ4v) is 2.76. The zero-order valence-corrected chi connectivity index (χ0v) is 11.1. The lowest BCUT2D eigenvalue weighted by Crippen LogP contribution is -2.41. The first-order chi connectivity index (χ1) is 8.11. The van der Waals surface area contributed by atoms with E-state index in [-0.39, 0.29) is 0 Å². The number of allylic oxidation sites excluding steroid dienone is 3. The molecule has 3 heteroatoms. The minimum atomic E-state index is 0.593. The van der Waals surface area contributed by atoms with E-state index in [9.17, 15) is 0 Å². The summed E-state index contributed by atoms with van der Waals surface area (Å²) >= 11 is 0. The van der Waals surface area contributed by atoms with E-state index >= 15 is 0 Å². The van der Waals surface area contributed by atoms with Crippen LogP contribution in [0, 0.1) is 17.8 Å². The number of hydrogen-bond acceptors (Lipinski definition) is 3. The van der Waals surface area contributed by atoms with Crippen LogP contribution in [0.2, 0.25) is 0 Å². The second-order valence-electron chi connectivity index (χ2n) is 5.42. The Kier molecular flexibility index (Phi) is 3.77. The smallest absolute Gasteiger partial charge is 0.0720 e. The predicted molar refractivity (Wildman–Crippen MR) is 69.7 cm³/mol. The van der Waals surface area contributed by atoms with Gasteiger partial charge in [0.15, 0.2) is 0 Å². The van der Waals surface area contributed by atoms with Crippen molar-refractivity contribution in [1.82, 2.24) is 5.06 Å². The van der Waals surface area contributed by atoms with Gasteiger partial charge in [0.1, 0.15) is 0 Å². The van der Waals surface area contributed by atoms with Crippen LogP contribution in [0.1, 0.15) is 33.6 Å². The molecule has 0 spiro atoms. The highest BCUT2D eigenvalue weighted by atomic mass is 16.7. The minimum absolute atomic E-state index is 0.593. The van der Waals surface area contributed by atoms with Crippen molar-refractivity contribution in [2.75, 3.05) is 13.2 Å². The summed E-state index contributed by atoms with van der Waals surface area (Å²) in [5, 5.41) is 2.08. The van der Waals surface area contributed by atoms with Gasteiger partial charge in [-0.3, -0.25) is 9.90 Å². The van der Waals surface area contributed by atoms with Crippen molar-refractivity contribution < 1.29 is 4.84 Å². The van der Waals surface area contributed by atoms with Crippen LogP contribution in [0.3, 0.4) is 0 Å². The van der Waals surface area contributed by atoms with Gasteiger partial charge in [0, 0.05) is 23.9 Å². The van der Waals surface area contributed by atoms with E-state index in [1.165, 1.54) is 12.1 Å². The molecule has 0 aromatic carbocycles. The fraction of sp³-hybridized carbons (Fsp3) is 0.714. The molecule has 1 fully saturated rings. The van der Waals surface area contributed by atoms with Gasteiger partial charge in [-0.05, 0) is 37.7 Å². The molecular formula is C14H24N2O. The lowest BCUT2D eigenvalue weighted by Gasteiger charge is -2.42. The van der Waals surface area contributed by atoms with Crippen LogP contribution in [0.25, 0.3) is 0 Å². The largest absolute Gasteiger partial charge is 0.399 e. The van der Waals surface area contributed by atoms with Crippen LogP contribution in [-0.2, 0) is 4.84 Å². The molecule has 0 aromatic heterocycles. The minimum Gasteiger partial charge on any atom is -0.399 e. The van der Waals surface area contributed by atoms with Gasteiger partial charge in [-0.25, -0.2) is 0 Å². The SMILES string of the molecule is CCON1CC(C(C)C)CC2CC=C(N)C=C21. The molecule has 0 amide bonds. The zero-order chi connectivity index (χ0) is 12.4. The molecule has 0 bridgehead atoms. The zero-order valence-electron chi connectivity index (χ0n) is 11.1. The Labute approximate surface area is 104 Å². The number of hydroxylamine groups is 2. The van der Waals surface area contributed by atoms with E-state index in [0.29, 0.717) is 11.8 Å². The van der Waals surface area contributed by atoms with Crippen molar-refractivity contribution in [3.8, 4) is 0 Å². The Morgan fingerprint density at radius 2 is 2.29 bits per heavy atom. The van der Waals surface area contributed by atoms with Crippen molar-refractivity contribution in [3.05, 3.63) is 23.5 Å². The summed E-state index contributed by atoms with van der Waals surface area (Å²) in [6, 6.07) is 0. The monoisotopic (exact) mass is 236 g/mol. The van der Waals surface area contributed by atoms with Crippen molar-refractivity contribution in [3.63, 3.8) is 0 Å². The van der Waals surface area contributed by atoms with E-state index in [4.69, 9.17) is 10.6 Å². The summed E-state index contributed by atoms with van der Waals surface area (Å²) in [5.41, 5.74) is 8.06. The first kappa shape index (κ1) is 12.5. The van der Waals surface area contributed by atoms with Gasteiger partial charge in [-0.15, -0.1) is 0 Å². The fourth-order valence-electron chi connectivity index (χ4n) is 2.76. The molecule has 1 heterocycles. The highest BCUT2D eigenvalue weighted by Gasteiger charge is 2.33. The van der Waals surface area contributed by atoms with Crippen LogP contribution >= 0.6 is 0 Å². The van der Waals surface area contributed by atoms with E-state index in [2.05, 4.69) is 31.1 Å². The Hall–Kier alpha value is -0.960. The maximum absolute atomic E-state index is 5.90. The summed E-state index contributed by atoms with van der Waals surface area (Å²) in [7, 11) is 0. The molecule has 1 aliphatic heterocycles. The summed E-state index contributed by atoms with van der Waals surface area (Å²) in [6.45, 7) is 8.36. The van der Waals surface area contributed by atoms with Crippen LogP contribution < -0.4 is 5.73 Å². The molecule has 2 atom stereocenters. The quantitative estimate of drug-likeness (QED) is 0.818. The van der Waals surface area contributed by atoms with Gasteiger partial charge >= 0.3 is 0 Å². The number of hydrogen-bond donors (Lipinski definition) is 1. The van der Waals surface area contributed by atoms with Crippen molar-refractivity contribution in [1.29, 1.82) is 0 Å². The van der Waals surface area contributed by atoms with Crippen molar-refractivity contribution in [2.45, 2.75) is 33.6 Å². The van der Waals surface area contributed by atoms with Gasteiger partial charge in [0.05, 0.1) is 6.61 Å². The molecule has 1 saturated heterocycles. The van der Waals surface area contributed by atoms with Crippen molar-refractivity contribution in [2.24, 2.45) is 23.5 Å². The molecule has 2 N–H and O–H groups in total. The van der Waals surface area contributed by atoms with E-state index < -0.39 is 0 Å². The second-order valence-corrected chi connectivity index (χ2v) is 5.42. The van der Waals surface area contributed by atoms with Gasteiger partial charge < -0.3 is 5.73 Å². The van der Waals surface area contributed by atoms with Gasteiger partial charge in [-0.2, -0.15) is 0 Å². The number of nitrogens with two attached hydrogens (primary N) is 1. The van der Waals surface area contributed by atoms with Gasteiger partial charge in [-0.1, -0.05) is 19.9 Å². The first-order valence-corrected chi connectivity index (χ1v) is 6.69. The Balaban J connectivity index is 2.17. The number of fused-ring (bicyclic) bond motifs is 1. The van der Waals surface area contributed by atoms with E-state index in [0.717, 1.165) is 31.2 Å². The third kappa shape index (κ3) is 2.65. The topological polar surface area (TPSA) is 38.5 Å². The highest BCUT2D eigenvalue weighted by Crippen LogP contribution is 2.38. The highest BCUT2D eigenvalue weighted by molar-refractivity contribution is 5.27. The van der Waals surface area contributed by atoms with Gasteiger partial charge in [0.25, 0.3) is 0 Å². The number of piperidine rings is 1. The second kappa shape index (κ2) is 5.13. The average molecular weight is 236 g/mol. The molecule has 96 valence electrons. The molecule has 2 aliphatic rings. The molecular weight excluding hydrogens is 212 g/mol. The Bertz CT molecular complexity index is 333. The molecule has 3 nitrogen and oxygen atoms in total. The third-order valence-corrected chi connectivity index (χ3v) is 3.87. The van der Waals surface area contributed by atoms with Crippen LogP contribution in [0.5, 0.6) is 0 Å². The molecule has 17 heavy (non-hydrogen) atoms. The molecule has 0 radical (unpaired) electrons. The summed E-state index contributed by atoms with van der Waals surface area (Å²) in [5.74, 6) is 2.02. The molecule has 0 saturated carbocycles. The van der Waals surface area contributed by atoms with Crippen LogP contribution in [0.4, 0.5) is 0 Å². The standard InChI is InChI=1S/C14H24N2O/c1-4-17-16-9-12(10(2)3)7-11-5-6-13(15)8-14(11)16/h6,8,10-12H,4-5,7,9,15H2,1-3H3. The predicted octanol–water partition coefficient (Wildman–Crippen LogP) is 2.66. The Morgan fingerprint density at radius 1 is 1.53 bits per heavy atom. The molecule has 1 aliphatic carbocycles. The first-order valence-electron chi connectivity index (χ1n) is 6.69. The third-order valence-electron chi connectivity index (χ3n) is 3.87. The summed E-state index contributed by atoms with van der Waals surface area (Å²) < 4.78 is 0. The number of nitrogens with zero attached hydrogens (tertiary/aromatic N) is 1. The maximum Gasteiger partial charge on any atom is 0.0720 e. The summed E-state index contributed by atoms with van der Waals surface area (Å²) in [6.07, 6.45) is 6.54. The van der Waals surface area contributed by atoms with Crippen LogP contribution in [0.15, 0.2) is 23.5 Å². The lowest BCUT2D eigenvalue weighted by molar-refractivity contribution is -0.158. The maximum atomic E-state index is 5.90.